The molecule has 0 fully saturated rings. The van der Waals surface area contributed by atoms with Crippen molar-refractivity contribution < 1.29 is 9.21 Å². The lowest BCUT2D eigenvalue weighted by Crippen LogP contribution is -2.10. The maximum absolute atomic E-state index is 11.9. The summed E-state index contributed by atoms with van der Waals surface area (Å²) in [6, 6.07) is 5.11. The molecule has 0 unspecified atom stereocenters. The predicted molar refractivity (Wildman–Crippen MR) is 78.5 cm³/mol. The fourth-order valence-corrected chi connectivity index (χ4v) is 2.58. The van der Waals surface area contributed by atoms with Crippen LogP contribution in [0.4, 0.5) is 6.01 Å². The van der Waals surface area contributed by atoms with Crippen LogP contribution in [0.2, 0.25) is 4.34 Å². The first-order valence-electron chi connectivity index (χ1n) is 5.94. The Morgan fingerprint density at radius 1 is 1.43 bits per heavy atom. The minimum atomic E-state index is -0.348. The van der Waals surface area contributed by atoms with E-state index in [4.69, 9.17) is 16.0 Å². The van der Waals surface area contributed by atoms with Gasteiger partial charge in [0.05, 0.1) is 9.21 Å². The molecule has 3 aromatic rings. The molecule has 0 aliphatic carbocycles. The molecule has 0 spiro atoms. The average molecular weight is 324 g/mol. The molecule has 0 saturated heterocycles. The van der Waals surface area contributed by atoms with Gasteiger partial charge in [-0.25, -0.2) is 0 Å². The van der Waals surface area contributed by atoms with Gasteiger partial charge in [0.25, 0.3) is 11.8 Å². The molecule has 0 aliphatic heterocycles. The van der Waals surface area contributed by atoms with Crippen LogP contribution in [0, 0.1) is 6.92 Å². The van der Waals surface area contributed by atoms with E-state index in [1.807, 2.05) is 20.0 Å². The zero-order valence-electron chi connectivity index (χ0n) is 11.1. The standard InChI is InChI=1S/C12H10ClN5O2S/c1-6-5-7(17-18(6)2)11-15-16-12(20-11)14-10(19)8-3-4-9(13)21-8/h3-5H,1-2H3,(H,14,16,19). The normalized spacial score (nSPS) is 10.8. The van der Waals surface area contributed by atoms with Crippen LogP contribution in [0.3, 0.4) is 0 Å². The van der Waals surface area contributed by atoms with E-state index in [0.29, 0.717) is 14.9 Å². The Hall–Kier alpha value is -2.19. The minimum absolute atomic E-state index is 0.0165. The van der Waals surface area contributed by atoms with Crippen molar-refractivity contribution in [2.24, 2.45) is 7.05 Å². The summed E-state index contributed by atoms with van der Waals surface area (Å²) >= 11 is 6.96. The number of rotatable bonds is 3. The van der Waals surface area contributed by atoms with Gasteiger partial charge in [-0.3, -0.25) is 14.8 Å². The van der Waals surface area contributed by atoms with Gasteiger partial charge in [-0.1, -0.05) is 16.7 Å². The molecule has 9 heteroatoms. The maximum atomic E-state index is 11.9. The number of anilines is 1. The van der Waals surface area contributed by atoms with E-state index >= 15 is 0 Å². The molecule has 3 aromatic heterocycles. The van der Waals surface area contributed by atoms with Gasteiger partial charge in [0, 0.05) is 12.7 Å². The summed E-state index contributed by atoms with van der Waals surface area (Å²) in [4.78, 5) is 12.4. The second-order valence-corrected chi connectivity index (χ2v) is 5.98. The van der Waals surface area contributed by atoms with E-state index in [9.17, 15) is 4.79 Å². The Balaban J connectivity index is 1.77. The number of nitrogens with zero attached hydrogens (tertiary/aromatic N) is 4. The van der Waals surface area contributed by atoms with Crippen LogP contribution in [0.15, 0.2) is 22.6 Å². The van der Waals surface area contributed by atoms with Crippen LogP contribution < -0.4 is 5.32 Å². The van der Waals surface area contributed by atoms with Crippen molar-refractivity contribution in [3.8, 4) is 11.6 Å². The van der Waals surface area contributed by atoms with Crippen LogP contribution in [0.25, 0.3) is 11.6 Å². The lowest BCUT2D eigenvalue weighted by atomic mass is 10.4. The fourth-order valence-electron chi connectivity index (χ4n) is 1.64. The van der Waals surface area contributed by atoms with Gasteiger partial charge in [-0.05, 0) is 25.1 Å². The highest BCUT2D eigenvalue weighted by Crippen LogP contribution is 2.23. The second-order valence-electron chi connectivity index (χ2n) is 4.26. The number of aryl methyl sites for hydroxylation is 2. The third-order valence-corrected chi connectivity index (χ3v) is 4.01. The van der Waals surface area contributed by atoms with Crippen molar-refractivity contribution in [3.63, 3.8) is 0 Å². The summed E-state index contributed by atoms with van der Waals surface area (Å²) in [5.41, 5.74) is 1.52. The van der Waals surface area contributed by atoms with Crippen LogP contribution in [0.5, 0.6) is 0 Å². The Bertz CT molecular complexity index is 787. The van der Waals surface area contributed by atoms with E-state index in [1.54, 1.807) is 16.8 Å². The average Bonchev–Trinajstić information content (AvgIpc) is 3.12. The van der Waals surface area contributed by atoms with Crippen molar-refractivity contribution in [1.29, 1.82) is 0 Å². The Morgan fingerprint density at radius 3 is 2.86 bits per heavy atom. The Kier molecular flexibility index (Phi) is 3.48. The van der Waals surface area contributed by atoms with Crippen LogP contribution >= 0.6 is 22.9 Å². The number of aromatic nitrogens is 4. The van der Waals surface area contributed by atoms with E-state index in [-0.39, 0.29) is 17.8 Å². The maximum Gasteiger partial charge on any atom is 0.322 e. The van der Waals surface area contributed by atoms with Gasteiger partial charge < -0.3 is 4.42 Å². The molecule has 3 rings (SSSR count). The van der Waals surface area contributed by atoms with Gasteiger partial charge >= 0.3 is 6.01 Å². The molecular weight excluding hydrogens is 314 g/mol. The zero-order valence-corrected chi connectivity index (χ0v) is 12.7. The highest BCUT2D eigenvalue weighted by Gasteiger charge is 2.16. The van der Waals surface area contributed by atoms with Crippen molar-refractivity contribution in [1.82, 2.24) is 20.0 Å². The first-order valence-corrected chi connectivity index (χ1v) is 7.13. The molecule has 0 radical (unpaired) electrons. The second kappa shape index (κ2) is 5.30. The predicted octanol–water partition coefficient (Wildman–Crippen LogP) is 2.75. The number of hydrogen-bond donors (Lipinski definition) is 1. The number of nitrogens with one attached hydrogen (secondary N) is 1. The molecule has 1 N–H and O–H groups in total. The van der Waals surface area contributed by atoms with Gasteiger partial charge in [0.15, 0.2) is 0 Å². The third-order valence-electron chi connectivity index (χ3n) is 2.78. The molecular formula is C12H10ClN5O2S. The van der Waals surface area contributed by atoms with Crippen molar-refractivity contribution in [2.75, 3.05) is 5.32 Å². The van der Waals surface area contributed by atoms with E-state index in [0.717, 1.165) is 5.69 Å². The molecule has 0 aromatic carbocycles. The Morgan fingerprint density at radius 2 is 2.24 bits per heavy atom. The number of thiophene rings is 1. The smallest absolute Gasteiger partial charge is 0.322 e. The first-order chi connectivity index (χ1) is 10.0. The summed E-state index contributed by atoms with van der Waals surface area (Å²) in [7, 11) is 1.82. The number of hydrogen-bond acceptors (Lipinski definition) is 6. The molecule has 21 heavy (non-hydrogen) atoms. The SMILES string of the molecule is Cc1cc(-c2nnc(NC(=O)c3ccc(Cl)s3)o2)nn1C. The minimum Gasteiger partial charge on any atom is -0.401 e. The van der Waals surface area contributed by atoms with E-state index in [2.05, 4.69) is 20.6 Å². The van der Waals surface area contributed by atoms with Gasteiger partial charge in [0.2, 0.25) is 0 Å². The molecule has 3 heterocycles. The Labute approximate surface area is 128 Å². The van der Waals surface area contributed by atoms with E-state index < -0.39 is 0 Å². The van der Waals surface area contributed by atoms with Crippen LogP contribution in [-0.4, -0.2) is 25.9 Å². The van der Waals surface area contributed by atoms with E-state index in [1.165, 1.54) is 11.3 Å². The highest BCUT2D eigenvalue weighted by atomic mass is 35.5. The van der Waals surface area contributed by atoms with Gasteiger partial charge in [-0.15, -0.1) is 16.4 Å². The first kappa shape index (κ1) is 13.8. The summed E-state index contributed by atoms with van der Waals surface area (Å²) in [5, 5.41) is 14.4. The molecule has 0 saturated carbocycles. The summed E-state index contributed by atoms with van der Waals surface area (Å²) < 4.78 is 7.62. The number of halogens is 1. The molecule has 0 atom stereocenters. The highest BCUT2D eigenvalue weighted by molar-refractivity contribution is 7.18. The number of carbonyl (C=O) groups excluding carboxylic acids is 1. The number of amides is 1. The van der Waals surface area contributed by atoms with Gasteiger partial charge in [0.1, 0.15) is 5.69 Å². The van der Waals surface area contributed by atoms with Crippen LogP contribution in [0.1, 0.15) is 15.4 Å². The fraction of sp³-hybridized carbons (Fsp3) is 0.167. The third kappa shape index (κ3) is 2.81. The molecule has 108 valence electrons. The largest absolute Gasteiger partial charge is 0.401 e. The topological polar surface area (TPSA) is 85.8 Å². The quantitative estimate of drug-likeness (QED) is 0.801. The monoisotopic (exact) mass is 323 g/mol. The zero-order chi connectivity index (χ0) is 15.0. The molecule has 7 nitrogen and oxygen atoms in total. The molecule has 0 bridgehead atoms. The van der Waals surface area contributed by atoms with Crippen molar-refractivity contribution in [2.45, 2.75) is 6.92 Å². The molecule has 0 aliphatic rings. The van der Waals surface area contributed by atoms with Crippen LogP contribution in [-0.2, 0) is 7.05 Å². The lowest BCUT2D eigenvalue weighted by Gasteiger charge is -1.95. The molecule has 1 amide bonds. The summed E-state index contributed by atoms with van der Waals surface area (Å²) in [6.45, 7) is 1.91. The summed E-state index contributed by atoms with van der Waals surface area (Å²) in [5.74, 6) is -0.0995. The van der Waals surface area contributed by atoms with Gasteiger partial charge in [-0.2, -0.15) is 5.10 Å². The number of carbonyl (C=O) groups is 1. The van der Waals surface area contributed by atoms with Crippen molar-refractivity contribution in [3.05, 3.63) is 33.1 Å². The van der Waals surface area contributed by atoms with Crippen molar-refractivity contribution >= 4 is 34.9 Å². The summed E-state index contributed by atoms with van der Waals surface area (Å²) in [6.07, 6.45) is 0. The lowest BCUT2D eigenvalue weighted by molar-refractivity contribution is 0.102.